The van der Waals surface area contributed by atoms with Crippen LogP contribution in [0.5, 0.6) is 11.5 Å². The molecule has 7 nitrogen and oxygen atoms in total. The van der Waals surface area contributed by atoms with E-state index in [0.29, 0.717) is 30.3 Å². The van der Waals surface area contributed by atoms with E-state index in [9.17, 15) is 4.79 Å². The standard InChI is InChI=1S/C23H28N4O3/c1-16-20(17(2)27(25-16)19-9-7-6-8-10-19)14-26(3)15-23(28)24-18-11-12-21(29-4)22(13-18)30-5/h6-13H,14-15H2,1-5H3,(H,24,28)/p+1. The van der Waals surface area contributed by atoms with Crippen molar-refractivity contribution in [3.8, 4) is 17.2 Å². The number of rotatable bonds is 8. The second-order valence-electron chi connectivity index (χ2n) is 7.33. The van der Waals surface area contributed by atoms with E-state index in [1.165, 1.54) is 0 Å². The highest BCUT2D eigenvalue weighted by Gasteiger charge is 2.18. The maximum atomic E-state index is 12.5. The lowest BCUT2D eigenvalue weighted by Gasteiger charge is -2.15. The molecule has 0 spiro atoms. The Hall–Kier alpha value is -3.32. The fraction of sp³-hybridized carbons (Fsp3) is 0.304. The zero-order valence-corrected chi connectivity index (χ0v) is 18.2. The molecule has 0 bridgehead atoms. The van der Waals surface area contributed by atoms with Crippen LogP contribution in [-0.2, 0) is 11.3 Å². The second kappa shape index (κ2) is 9.45. The molecule has 3 aromatic rings. The molecule has 1 aromatic heterocycles. The summed E-state index contributed by atoms with van der Waals surface area (Å²) in [4.78, 5) is 13.6. The van der Waals surface area contributed by atoms with Gasteiger partial charge < -0.3 is 19.7 Å². The molecule has 0 saturated carbocycles. The van der Waals surface area contributed by atoms with Gasteiger partial charge in [0.25, 0.3) is 5.91 Å². The zero-order chi connectivity index (χ0) is 21.7. The van der Waals surface area contributed by atoms with Gasteiger partial charge in [0.15, 0.2) is 18.0 Å². The molecule has 0 radical (unpaired) electrons. The number of likely N-dealkylation sites (N-methyl/N-ethyl adjacent to an activating group) is 1. The number of aryl methyl sites for hydroxylation is 1. The molecule has 1 amide bonds. The molecule has 0 saturated heterocycles. The Morgan fingerprint density at radius 2 is 1.77 bits per heavy atom. The number of hydrogen-bond acceptors (Lipinski definition) is 4. The Morgan fingerprint density at radius 1 is 1.07 bits per heavy atom. The van der Waals surface area contributed by atoms with Crippen molar-refractivity contribution in [2.75, 3.05) is 33.1 Å². The first-order valence-corrected chi connectivity index (χ1v) is 9.86. The SMILES string of the molecule is COc1ccc(NC(=O)C[NH+](C)Cc2c(C)nn(-c3ccccc3)c2C)cc1OC. The summed E-state index contributed by atoms with van der Waals surface area (Å²) >= 11 is 0. The van der Waals surface area contributed by atoms with Gasteiger partial charge in [0, 0.05) is 11.8 Å². The van der Waals surface area contributed by atoms with E-state index in [4.69, 9.17) is 14.6 Å². The number of para-hydroxylation sites is 1. The molecule has 0 fully saturated rings. The third kappa shape index (κ3) is 4.80. The molecule has 0 aliphatic heterocycles. The van der Waals surface area contributed by atoms with Crippen molar-refractivity contribution in [2.24, 2.45) is 0 Å². The van der Waals surface area contributed by atoms with Gasteiger partial charge in [0.05, 0.1) is 43.9 Å². The average molecular weight is 410 g/mol. The molecule has 2 aromatic carbocycles. The minimum Gasteiger partial charge on any atom is -0.493 e. The number of quaternary nitrogens is 1. The van der Waals surface area contributed by atoms with Crippen LogP contribution in [0.4, 0.5) is 5.69 Å². The van der Waals surface area contributed by atoms with Crippen LogP contribution in [0.3, 0.4) is 0 Å². The van der Waals surface area contributed by atoms with Crippen molar-refractivity contribution < 1.29 is 19.2 Å². The lowest BCUT2D eigenvalue weighted by atomic mass is 10.2. The molecule has 1 atom stereocenters. The number of anilines is 1. The van der Waals surface area contributed by atoms with Gasteiger partial charge in [-0.15, -0.1) is 0 Å². The minimum atomic E-state index is -0.0644. The highest BCUT2D eigenvalue weighted by atomic mass is 16.5. The quantitative estimate of drug-likeness (QED) is 0.598. The van der Waals surface area contributed by atoms with Crippen LogP contribution in [0.1, 0.15) is 17.0 Å². The van der Waals surface area contributed by atoms with Crippen molar-refractivity contribution in [2.45, 2.75) is 20.4 Å². The van der Waals surface area contributed by atoms with Crippen LogP contribution in [0.25, 0.3) is 5.69 Å². The van der Waals surface area contributed by atoms with Gasteiger partial charge in [0.2, 0.25) is 0 Å². The number of carbonyl (C=O) groups is 1. The third-order valence-electron chi connectivity index (χ3n) is 5.05. The average Bonchev–Trinajstić information content (AvgIpc) is 3.02. The number of amides is 1. The number of benzene rings is 2. The fourth-order valence-corrected chi connectivity index (χ4v) is 3.51. The summed E-state index contributed by atoms with van der Waals surface area (Å²) in [6, 6.07) is 15.4. The number of ether oxygens (including phenoxy) is 2. The Morgan fingerprint density at radius 3 is 2.43 bits per heavy atom. The lowest BCUT2D eigenvalue weighted by molar-refractivity contribution is -0.885. The molecule has 2 N–H and O–H groups in total. The van der Waals surface area contributed by atoms with E-state index in [1.54, 1.807) is 32.4 Å². The van der Waals surface area contributed by atoms with E-state index in [1.807, 2.05) is 49.0 Å². The summed E-state index contributed by atoms with van der Waals surface area (Å²) in [5.41, 5.74) is 4.95. The lowest BCUT2D eigenvalue weighted by Crippen LogP contribution is -3.08. The number of nitrogens with zero attached hydrogens (tertiary/aromatic N) is 2. The zero-order valence-electron chi connectivity index (χ0n) is 18.2. The van der Waals surface area contributed by atoms with Crippen LogP contribution >= 0.6 is 0 Å². The van der Waals surface area contributed by atoms with E-state index < -0.39 is 0 Å². The van der Waals surface area contributed by atoms with Gasteiger partial charge in [0.1, 0.15) is 6.54 Å². The normalized spacial score (nSPS) is 11.8. The molecule has 0 aliphatic carbocycles. The van der Waals surface area contributed by atoms with Crippen molar-refractivity contribution in [3.05, 3.63) is 65.5 Å². The van der Waals surface area contributed by atoms with Crippen molar-refractivity contribution in [1.82, 2.24) is 9.78 Å². The van der Waals surface area contributed by atoms with E-state index in [2.05, 4.69) is 12.2 Å². The predicted octanol–water partition coefficient (Wildman–Crippen LogP) is 2.16. The molecule has 3 rings (SSSR count). The summed E-state index contributed by atoms with van der Waals surface area (Å²) in [6.07, 6.45) is 0. The third-order valence-corrected chi connectivity index (χ3v) is 5.05. The summed E-state index contributed by atoms with van der Waals surface area (Å²) < 4.78 is 12.5. The Bertz CT molecular complexity index is 1010. The second-order valence-corrected chi connectivity index (χ2v) is 7.33. The maximum absolute atomic E-state index is 12.5. The minimum absolute atomic E-state index is 0.0644. The molecular formula is C23H29N4O3+. The molecule has 158 valence electrons. The molecular weight excluding hydrogens is 380 g/mol. The van der Waals surface area contributed by atoms with Gasteiger partial charge in [-0.3, -0.25) is 4.79 Å². The van der Waals surface area contributed by atoms with Gasteiger partial charge in [-0.05, 0) is 38.1 Å². The molecule has 30 heavy (non-hydrogen) atoms. The largest absolute Gasteiger partial charge is 0.493 e. The number of hydrogen-bond donors (Lipinski definition) is 2. The summed E-state index contributed by atoms with van der Waals surface area (Å²) in [7, 11) is 5.16. The molecule has 7 heteroatoms. The van der Waals surface area contributed by atoms with E-state index in [-0.39, 0.29) is 5.91 Å². The van der Waals surface area contributed by atoms with Crippen molar-refractivity contribution in [1.29, 1.82) is 0 Å². The van der Waals surface area contributed by atoms with Crippen molar-refractivity contribution in [3.63, 3.8) is 0 Å². The number of aromatic nitrogens is 2. The fourth-order valence-electron chi connectivity index (χ4n) is 3.51. The molecule has 1 unspecified atom stereocenters. The monoisotopic (exact) mass is 409 g/mol. The highest BCUT2D eigenvalue weighted by Crippen LogP contribution is 2.29. The van der Waals surface area contributed by atoms with E-state index in [0.717, 1.165) is 27.5 Å². The Balaban J connectivity index is 1.65. The van der Waals surface area contributed by atoms with E-state index >= 15 is 0 Å². The number of nitrogens with one attached hydrogen (secondary N) is 2. The van der Waals surface area contributed by atoms with Gasteiger partial charge >= 0.3 is 0 Å². The predicted molar refractivity (Wildman–Crippen MR) is 117 cm³/mol. The number of carbonyl (C=O) groups excluding carboxylic acids is 1. The van der Waals surface area contributed by atoms with Crippen LogP contribution in [0.15, 0.2) is 48.5 Å². The maximum Gasteiger partial charge on any atom is 0.279 e. The van der Waals surface area contributed by atoms with Gasteiger partial charge in [-0.2, -0.15) is 5.10 Å². The topological polar surface area (TPSA) is 69.8 Å². The summed E-state index contributed by atoms with van der Waals surface area (Å²) in [5, 5.41) is 7.62. The van der Waals surface area contributed by atoms with Crippen LogP contribution in [-0.4, -0.2) is 43.5 Å². The van der Waals surface area contributed by atoms with Gasteiger partial charge in [-0.1, -0.05) is 18.2 Å². The first kappa shape index (κ1) is 21.4. The molecule has 0 aliphatic rings. The first-order valence-electron chi connectivity index (χ1n) is 9.86. The summed E-state index contributed by atoms with van der Waals surface area (Å²) in [6.45, 7) is 5.13. The van der Waals surface area contributed by atoms with Gasteiger partial charge in [-0.25, -0.2) is 4.68 Å². The smallest absolute Gasteiger partial charge is 0.279 e. The molecule has 1 heterocycles. The summed E-state index contributed by atoms with van der Waals surface area (Å²) in [5.74, 6) is 1.14. The van der Waals surface area contributed by atoms with Crippen LogP contribution in [0, 0.1) is 13.8 Å². The Kier molecular flexibility index (Phi) is 6.74. The van der Waals surface area contributed by atoms with Crippen LogP contribution in [0.2, 0.25) is 0 Å². The first-order chi connectivity index (χ1) is 14.4. The van der Waals surface area contributed by atoms with Crippen LogP contribution < -0.4 is 19.7 Å². The number of methoxy groups -OCH3 is 2. The highest BCUT2D eigenvalue weighted by molar-refractivity contribution is 5.91. The van der Waals surface area contributed by atoms with Crippen molar-refractivity contribution >= 4 is 11.6 Å². The Labute approximate surface area is 177 Å².